The third-order valence-corrected chi connectivity index (χ3v) is 3.45. The molecule has 0 aliphatic rings. The number of H-pyrrole nitrogens is 1. The quantitative estimate of drug-likeness (QED) is 0.577. The minimum absolute atomic E-state index is 0.225. The van der Waals surface area contributed by atoms with Crippen LogP contribution in [0.25, 0.3) is 21.8 Å². The maximum Gasteiger partial charge on any atom is 0.125 e. The summed E-state index contributed by atoms with van der Waals surface area (Å²) in [6.07, 6.45) is -0.0979. The van der Waals surface area contributed by atoms with Crippen LogP contribution in [0.5, 0.6) is 5.75 Å². The minimum Gasteiger partial charge on any atom is -0.507 e. The van der Waals surface area contributed by atoms with E-state index in [1.807, 2.05) is 30.3 Å². The first-order valence-electron chi connectivity index (χ1n) is 6.30. The van der Waals surface area contributed by atoms with Crippen molar-refractivity contribution in [2.75, 3.05) is 6.54 Å². The molecule has 0 aliphatic heterocycles. The van der Waals surface area contributed by atoms with Gasteiger partial charge in [0.15, 0.2) is 0 Å². The molecule has 0 saturated carbocycles. The molecule has 0 fully saturated rings. The lowest BCUT2D eigenvalue weighted by atomic mass is 10.0. The first kappa shape index (κ1) is 12.0. The summed E-state index contributed by atoms with van der Waals surface area (Å²) < 4.78 is 0. The molecule has 1 unspecified atom stereocenters. The number of phenolic OH excluding ortho intramolecular Hbond substituents is 1. The fourth-order valence-corrected chi connectivity index (χ4v) is 2.50. The molecule has 98 valence electrons. The molecule has 0 radical (unpaired) electrons. The van der Waals surface area contributed by atoms with Crippen LogP contribution in [0.4, 0.5) is 0 Å². The lowest BCUT2D eigenvalue weighted by Crippen LogP contribution is -2.22. The molecule has 2 aromatic carbocycles. The molecule has 0 aliphatic carbocycles. The fourth-order valence-electron chi connectivity index (χ4n) is 2.50. The van der Waals surface area contributed by atoms with E-state index in [-0.39, 0.29) is 12.3 Å². The molecule has 3 aromatic rings. The van der Waals surface area contributed by atoms with Gasteiger partial charge in [0.2, 0.25) is 0 Å². The van der Waals surface area contributed by atoms with Gasteiger partial charge in [-0.2, -0.15) is 0 Å². The van der Waals surface area contributed by atoms with Crippen LogP contribution in [0.3, 0.4) is 0 Å². The van der Waals surface area contributed by atoms with Gasteiger partial charge in [0.25, 0.3) is 0 Å². The lowest BCUT2D eigenvalue weighted by Gasteiger charge is -2.09. The monoisotopic (exact) mass is 256 g/mol. The molecule has 1 aromatic heterocycles. The Labute approximate surface area is 110 Å². The van der Waals surface area contributed by atoms with Crippen LogP contribution in [0.15, 0.2) is 36.4 Å². The number of nitrogens with one attached hydrogen (secondary N) is 1. The molecule has 5 N–H and O–H groups in total. The maximum atomic E-state index is 10.1. The summed E-state index contributed by atoms with van der Waals surface area (Å²) in [5.74, 6) is 0.249. The highest BCUT2D eigenvalue weighted by atomic mass is 16.3. The van der Waals surface area contributed by atoms with Crippen LogP contribution in [0.2, 0.25) is 0 Å². The first-order chi connectivity index (χ1) is 9.20. The van der Waals surface area contributed by atoms with E-state index in [2.05, 4.69) is 4.98 Å². The van der Waals surface area contributed by atoms with E-state index in [1.165, 1.54) is 0 Å². The molecule has 0 spiro atoms. The van der Waals surface area contributed by atoms with E-state index in [1.54, 1.807) is 6.07 Å². The second kappa shape index (κ2) is 4.57. The number of nitrogens with two attached hydrogens (primary N) is 1. The van der Waals surface area contributed by atoms with Gasteiger partial charge in [-0.15, -0.1) is 0 Å². The molecule has 1 heterocycles. The summed E-state index contributed by atoms with van der Waals surface area (Å²) in [7, 11) is 0. The van der Waals surface area contributed by atoms with E-state index in [9.17, 15) is 10.2 Å². The molecule has 4 nitrogen and oxygen atoms in total. The van der Waals surface area contributed by atoms with E-state index in [4.69, 9.17) is 5.73 Å². The highest BCUT2D eigenvalue weighted by Crippen LogP contribution is 2.34. The Morgan fingerprint density at radius 2 is 1.95 bits per heavy atom. The number of benzene rings is 2. The minimum atomic E-state index is -0.570. The van der Waals surface area contributed by atoms with Crippen molar-refractivity contribution in [3.8, 4) is 5.75 Å². The number of hydrogen-bond acceptors (Lipinski definition) is 3. The van der Waals surface area contributed by atoms with Crippen LogP contribution in [0.1, 0.15) is 5.56 Å². The van der Waals surface area contributed by atoms with Crippen LogP contribution in [-0.4, -0.2) is 27.8 Å². The fraction of sp³-hybridized carbons (Fsp3) is 0.200. The number of hydrogen-bond donors (Lipinski definition) is 4. The van der Waals surface area contributed by atoms with Gasteiger partial charge in [-0.1, -0.05) is 24.3 Å². The summed E-state index contributed by atoms with van der Waals surface area (Å²) in [4.78, 5) is 3.30. The SMILES string of the molecule is NCC(O)Cc1ccc(O)c2c1[nH]c1ccccc12. The third kappa shape index (κ3) is 1.95. The molecular formula is C15H16N2O2. The molecule has 0 bridgehead atoms. The highest BCUT2D eigenvalue weighted by Gasteiger charge is 2.13. The van der Waals surface area contributed by atoms with Crippen LogP contribution in [0, 0.1) is 0 Å². The number of aliphatic hydroxyl groups is 1. The second-order valence-electron chi connectivity index (χ2n) is 4.76. The van der Waals surface area contributed by atoms with Crippen LogP contribution in [-0.2, 0) is 6.42 Å². The van der Waals surface area contributed by atoms with Gasteiger partial charge in [-0.25, -0.2) is 0 Å². The molecule has 3 rings (SSSR count). The van der Waals surface area contributed by atoms with Gasteiger partial charge in [0.05, 0.1) is 11.6 Å². The normalized spacial score (nSPS) is 13.2. The van der Waals surface area contributed by atoms with Crippen LogP contribution >= 0.6 is 0 Å². The van der Waals surface area contributed by atoms with Crippen molar-refractivity contribution in [3.05, 3.63) is 42.0 Å². The van der Waals surface area contributed by atoms with Gasteiger partial charge in [0.1, 0.15) is 5.75 Å². The Balaban J connectivity index is 2.27. The van der Waals surface area contributed by atoms with Gasteiger partial charge >= 0.3 is 0 Å². The summed E-state index contributed by atoms with van der Waals surface area (Å²) in [5, 5.41) is 21.6. The molecule has 1 atom stereocenters. The molecule has 0 amide bonds. The number of rotatable bonds is 3. The molecule has 0 saturated heterocycles. The van der Waals surface area contributed by atoms with Crippen molar-refractivity contribution in [2.45, 2.75) is 12.5 Å². The van der Waals surface area contributed by atoms with Gasteiger partial charge in [-0.3, -0.25) is 0 Å². The Bertz CT molecular complexity index is 733. The number of phenols is 1. The van der Waals surface area contributed by atoms with E-state index < -0.39 is 6.10 Å². The third-order valence-electron chi connectivity index (χ3n) is 3.45. The van der Waals surface area contributed by atoms with Gasteiger partial charge < -0.3 is 20.9 Å². The van der Waals surface area contributed by atoms with Gasteiger partial charge in [0, 0.05) is 29.3 Å². The maximum absolute atomic E-state index is 10.1. The first-order valence-corrected chi connectivity index (χ1v) is 6.30. The second-order valence-corrected chi connectivity index (χ2v) is 4.76. The predicted molar refractivity (Wildman–Crippen MR) is 76.2 cm³/mol. The van der Waals surface area contributed by atoms with Crippen molar-refractivity contribution in [1.82, 2.24) is 4.98 Å². The van der Waals surface area contributed by atoms with Crippen molar-refractivity contribution < 1.29 is 10.2 Å². The van der Waals surface area contributed by atoms with Crippen molar-refractivity contribution >= 4 is 21.8 Å². The molecule has 19 heavy (non-hydrogen) atoms. The number of aromatic amines is 1. The summed E-state index contributed by atoms with van der Waals surface area (Å²) in [6.45, 7) is 0.225. The average molecular weight is 256 g/mol. The zero-order valence-corrected chi connectivity index (χ0v) is 10.4. The van der Waals surface area contributed by atoms with E-state index >= 15 is 0 Å². The standard InChI is InChI=1S/C15H16N2O2/c16-8-10(18)7-9-5-6-13(19)14-11-3-1-2-4-12(11)17-15(9)14/h1-6,10,17-19H,7-8,16H2. The van der Waals surface area contributed by atoms with Crippen molar-refractivity contribution in [1.29, 1.82) is 0 Å². The van der Waals surface area contributed by atoms with Crippen molar-refractivity contribution in [2.24, 2.45) is 5.73 Å². The number of aliphatic hydroxyl groups excluding tert-OH is 1. The highest BCUT2D eigenvalue weighted by molar-refractivity contribution is 6.11. The van der Waals surface area contributed by atoms with E-state index in [0.29, 0.717) is 6.42 Å². The van der Waals surface area contributed by atoms with Gasteiger partial charge in [-0.05, 0) is 17.7 Å². The summed E-state index contributed by atoms with van der Waals surface area (Å²) in [6, 6.07) is 11.3. The number of aromatic nitrogens is 1. The average Bonchev–Trinajstić information content (AvgIpc) is 2.82. The Kier molecular flexibility index (Phi) is 2.89. The largest absolute Gasteiger partial charge is 0.507 e. The van der Waals surface area contributed by atoms with Crippen molar-refractivity contribution in [3.63, 3.8) is 0 Å². The van der Waals surface area contributed by atoms with E-state index in [0.717, 1.165) is 27.4 Å². The molecular weight excluding hydrogens is 240 g/mol. The number of para-hydroxylation sites is 1. The summed E-state index contributed by atoms with van der Waals surface area (Å²) in [5.41, 5.74) is 8.26. The Hall–Kier alpha value is -2.04. The summed E-state index contributed by atoms with van der Waals surface area (Å²) >= 11 is 0. The van der Waals surface area contributed by atoms with Crippen LogP contribution < -0.4 is 5.73 Å². The lowest BCUT2D eigenvalue weighted by molar-refractivity contribution is 0.183. The topological polar surface area (TPSA) is 82.3 Å². The molecule has 4 heteroatoms. The Morgan fingerprint density at radius 3 is 2.74 bits per heavy atom. The zero-order valence-electron chi connectivity index (χ0n) is 10.4. The number of aromatic hydroxyl groups is 1. The predicted octanol–water partition coefficient (Wildman–Crippen LogP) is 1.89. The number of fused-ring (bicyclic) bond motifs is 3. The smallest absolute Gasteiger partial charge is 0.125 e. The Morgan fingerprint density at radius 1 is 1.16 bits per heavy atom. The zero-order chi connectivity index (χ0) is 13.4.